The van der Waals surface area contributed by atoms with Gasteiger partial charge in [0.25, 0.3) is 0 Å². The number of hydrogen-bond donors (Lipinski definition) is 0. The molecule has 1 aliphatic rings. The number of hydrogen-bond acceptors (Lipinski definition) is 5. The highest BCUT2D eigenvalue weighted by molar-refractivity contribution is 6.01. The maximum absolute atomic E-state index is 15.8. The molecule has 6 nitrogen and oxygen atoms in total. The molecular weight excluding hydrogens is 417 g/mol. The van der Waals surface area contributed by atoms with E-state index in [2.05, 4.69) is 27.5 Å². The quantitative estimate of drug-likeness (QED) is 0.360. The van der Waals surface area contributed by atoms with Gasteiger partial charge in [0.15, 0.2) is 5.82 Å². The maximum Gasteiger partial charge on any atom is 0.246 e. The van der Waals surface area contributed by atoms with E-state index in [9.17, 15) is 4.79 Å². The fraction of sp³-hybridized carbons (Fsp3) is 0.154. The summed E-state index contributed by atoms with van der Waals surface area (Å²) in [5, 5.41) is 2.23. The van der Waals surface area contributed by atoms with Gasteiger partial charge in [-0.1, -0.05) is 42.8 Å². The summed E-state index contributed by atoms with van der Waals surface area (Å²) in [6.07, 6.45) is 10.0. The van der Waals surface area contributed by atoms with Gasteiger partial charge in [-0.15, -0.1) is 6.42 Å². The molecular formula is C26H20FN5O. The van der Waals surface area contributed by atoms with E-state index >= 15 is 4.39 Å². The Hall–Kier alpha value is -4.31. The lowest BCUT2D eigenvalue weighted by molar-refractivity contribution is -0.126. The monoisotopic (exact) mass is 437 g/mol. The zero-order chi connectivity index (χ0) is 22.9. The molecule has 1 saturated heterocycles. The summed E-state index contributed by atoms with van der Waals surface area (Å²) >= 11 is 0. The number of halogens is 1. The highest BCUT2D eigenvalue weighted by Gasteiger charge is 2.24. The van der Waals surface area contributed by atoms with E-state index < -0.39 is 5.82 Å². The fourth-order valence-corrected chi connectivity index (χ4v) is 4.34. The molecule has 3 heterocycles. The van der Waals surface area contributed by atoms with Crippen LogP contribution in [0.25, 0.3) is 32.9 Å². The molecule has 1 aliphatic heterocycles. The van der Waals surface area contributed by atoms with Crippen molar-refractivity contribution in [3.63, 3.8) is 0 Å². The third-order valence-corrected chi connectivity index (χ3v) is 5.98. The summed E-state index contributed by atoms with van der Waals surface area (Å²) in [7, 11) is 0. The molecule has 0 aliphatic carbocycles. The predicted molar refractivity (Wildman–Crippen MR) is 127 cm³/mol. The van der Waals surface area contributed by atoms with Crippen LogP contribution in [0.1, 0.15) is 5.56 Å². The number of anilines is 1. The van der Waals surface area contributed by atoms with Gasteiger partial charge in [0.2, 0.25) is 5.91 Å². The summed E-state index contributed by atoms with van der Waals surface area (Å²) in [6.45, 7) is 5.76. The van der Waals surface area contributed by atoms with Gasteiger partial charge in [0.05, 0.1) is 5.39 Å². The summed E-state index contributed by atoms with van der Waals surface area (Å²) < 4.78 is 15.8. The first-order valence-corrected chi connectivity index (χ1v) is 10.6. The van der Waals surface area contributed by atoms with Crippen molar-refractivity contribution in [2.75, 3.05) is 31.1 Å². The molecule has 7 heteroatoms. The molecule has 1 amide bonds. The van der Waals surface area contributed by atoms with Gasteiger partial charge >= 0.3 is 0 Å². The van der Waals surface area contributed by atoms with Gasteiger partial charge < -0.3 is 9.80 Å². The molecule has 33 heavy (non-hydrogen) atoms. The maximum atomic E-state index is 15.8. The van der Waals surface area contributed by atoms with E-state index in [4.69, 9.17) is 6.42 Å². The Morgan fingerprint density at radius 3 is 2.58 bits per heavy atom. The van der Waals surface area contributed by atoms with Crippen LogP contribution in [0.4, 0.5) is 10.2 Å². The summed E-state index contributed by atoms with van der Waals surface area (Å²) in [4.78, 5) is 28.7. The van der Waals surface area contributed by atoms with Crippen molar-refractivity contribution in [1.82, 2.24) is 19.9 Å². The Morgan fingerprint density at radius 2 is 1.85 bits per heavy atom. The number of aromatic nitrogens is 3. The number of terminal acetylenes is 1. The zero-order valence-electron chi connectivity index (χ0n) is 17.8. The predicted octanol–water partition coefficient (Wildman–Crippen LogP) is 3.80. The second kappa shape index (κ2) is 8.32. The molecule has 162 valence electrons. The highest BCUT2D eigenvalue weighted by Crippen LogP contribution is 2.34. The number of piperazine rings is 1. The van der Waals surface area contributed by atoms with Crippen LogP contribution in [-0.4, -0.2) is 51.9 Å². The summed E-state index contributed by atoms with van der Waals surface area (Å²) in [5.41, 5.74) is 1.70. The number of fused-ring (bicyclic) bond motifs is 2. The number of carbonyl (C=O) groups is 1. The van der Waals surface area contributed by atoms with Crippen molar-refractivity contribution in [2.45, 2.75) is 0 Å². The van der Waals surface area contributed by atoms with E-state index in [1.807, 2.05) is 41.3 Å². The van der Waals surface area contributed by atoms with Crippen LogP contribution in [-0.2, 0) is 4.79 Å². The van der Waals surface area contributed by atoms with Crippen LogP contribution in [0.15, 0.2) is 61.6 Å². The minimum Gasteiger partial charge on any atom is -0.352 e. The number of rotatable bonds is 3. The van der Waals surface area contributed by atoms with Gasteiger partial charge in [-0.05, 0) is 17.5 Å². The first kappa shape index (κ1) is 20.6. The Morgan fingerprint density at radius 1 is 1.09 bits per heavy atom. The minimum absolute atomic E-state index is 0.0963. The molecule has 0 saturated carbocycles. The number of carbonyl (C=O) groups excluding carboxylic acids is 1. The number of amides is 1. The standard InChI is InChI=1S/C26H20FN5O/c1-3-17-7-5-8-18-9-6-10-19(22(17)18)24-23(27)25-20(15-28-24)26(30-16-29-25)32-13-11-31(12-14-32)21(33)4-2/h1,4-10,15-16H,2,11-14H2. The van der Waals surface area contributed by atoms with Gasteiger partial charge in [0.1, 0.15) is 23.4 Å². The topological polar surface area (TPSA) is 62.2 Å². The largest absolute Gasteiger partial charge is 0.352 e. The van der Waals surface area contributed by atoms with Crippen LogP contribution in [0.5, 0.6) is 0 Å². The van der Waals surface area contributed by atoms with Crippen molar-refractivity contribution in [2.24, 2.45) is 0 Å². The number of benzene rings is 2. The number of nitrogens with zero attached hydrogens (tertiary/aromatic N) is 5. The van der Waals surface area contributed by atoms with E-state index in [0.29, 0.717) is 48.5 Å². The zero-order valence-corrected chi connectivity index (χ0v) is 17.8. The molecule has 0 unspecified atom stereocenters. The molecule has 2 aromatic carbocycles. The van der Waals surface area contributed by atoms with Crippen LogP contribution in [0.3, 0.4) is 0 Å². The van der Waals surface area contributed by atoms with E-state index in [0.717, 1.165) is 10.8 Å². The van der Waals surface area contributed by atoms with Crippen molar-refractivity contribution < 1.29 is 9.18 Å². The molecule has 0 N–H and O–H groups in total. The number of pyridine rings is 1. The highest BCUT2D eigenvalue weighted by atomic mass is 19.1. The Labute approximate surface area is 190 Å². The summed E-state index contributed by atoms with van der Waals surface area (Å²) in [6, 6.07) is 11.3. The first-order valence-electron chi connectivity index (χ1n) is 10.6. The SMILES string of the molecule is C#Cc1cccc2cccc(-c3ncc4c(N5CCN(C(=O)C=C)CC5)ncnc4c3F)c12. The lowest BCUT2D eigenvalue weighted by atomic mass is 9.97. The van der Waals surface area contributed by atoms with E-state index in [-0.39, 0.29) is 17.1 Å². The Kier molecular flexibility index (Phi) is 5.19. The molecule has 1 fully saturated rings. The molecule has 4 aromatic rings. The molecule has 0 atom stereocenters. The fourth-order valence-electron chi connectivity index (χ4n) is 4.34. The lowest BCUT2D eigenvalue weighted by Crippen LogP contribution is -2.48. The van der Waals surface area contributed by atoms with Crippen molar-refractivity contribution in [3.8, 4) is 23.6 Å². The van der Waals surface area contributed by atoms with Gasteiger partial charge in [-0.25, -0.2) is 14.4 Å². The van der Waals surface area contributed by atoms with Crippen LogP contribution in [0.2, 0.25) is 0 Å². The van der Waals surface area contributed by atoms with E-state index in [1.54, 1.807) is 11.1 Å². The van der Waals surface area contributed by atoms with Gasteiger partial charge in [0, 0.05) is 48.9 Å². The molecule has 0 spiro atoms. The van der Waals surface area contributed by atoms with E-state index in [1.165, 1.54) is 12.4 Å². The average molecular weight is 437 g/mol. The Balaban J connectivity index is 1.59. The van der Waals surface area contributed by atoms with Crippen LogP contribution >= 0.6 is 0 Å². The minimum atomic E-state index is -0.518. The van der Waals surface area contributed by atoms with Crippen molar-refractivity contribution in [1.29, 1.82) is 0 Å². The summed E-state index contributed by atoms with van der Waals surface area (Å²) in [5.74, 6) is 2.68. The third kappa shape index (κ3) is 3.46. The Bertz CT molecular complexity index is 1450. The van der Waals surface area contributed by atoms with Gasteiger partial charge in [-0.3, -0.25) is 9.78 Å². The second-order valence-corrected chi connectivity index (χ2v) is 7.75. The molecule has 0 bridgehead atoms. The second-order valence-electron chi connectivity index (χ2n) is 7.75. The van der Waals surface area contributed by atoms with Gasteiger partial charge in [-0.2, -0.15) is 0 Å². The third-order valence-electron chi connectivity index (χ3n) is 5.98. The molecule has 5 rings (SSSR count). The lowest BCUT2D eigenvalue weighted by Gasteiger charge is -2.35. The van der Waals surface area contributed by atoms with Crippen LogP contribution < -0.4 is 4.90 Å². The van der Waals surface area contributed by atoms with Crippen LogP contribution in [0, 0.1) is 18.2 Å². The smallest absolute Gasteiger partial charge is 0.246 e. The molecule has 0 radical (unpaired) electrons. The van der Waals surface area contributed by atoms with Crippen molar-refractivity contribution in [3.05, 3.63) is 73.0 Å². The average Bonchev–Trinajstić information content (AvgIpc) is 2.87. The van der Waals surface area contributed by atoms with Crippen molar-refractivity contribution >= 4 is 33.4 Å². The normalized spacial score (nSPS) is 13.8. The first-order chi connectivity index (χ1) is 16.1. The molecule has 2 aromatic heterocycles.